The SMILES string of the molecule is NC(Cc1c(Cl)cccc1Cl)c1ccc(C(F)(F)F)cc1. The second-order valence-corrected chi connectivity index (χ2v) is 5.44. The number of halogens is 5. The maximum Gasteiger partial charge on any atom is 0.416 e. The van der Waals surface area contributed by atoms with E-state index in [0.717, 1.165) is 12.1 Å². The normalized spacial score (nSPS) is 13.2. The molecule has 0 aromatic heterocycles. The highest BCUT2D eigenvalue weighted by Crippen LogP contribution is 2.31. The molecule has 0 radical (unpaired) electrons. The summed E-state index contributed by atoms with van der Waals surface area (Å²) in [5.41, 5.74) is 6.61. The summed E-state index contributed by atoms with van der Waals surface area (Å²) in [6, 6.07) is 9.41. The van der Waals surface area contributed by atoms with Crippen LogP contribution < -0.4 is 5.73 Å². The van der Waals surface area contributed by atoms with Gasteiger partial charge in [0, 0.05) is 16.1 Å². The van der Waals surface area contributed by atoms with Gasteiger partial charge in [0.25, 0.3) is 0 Å². The molecule has 21 heavy (non-hydrogen) atoms. The molecule has 0 saturated carbocycles. The number of hydrogen-bond acceptors (Lipinski definition) is 1. The fourth-order valence-electron chi connectivity index (χ4n) is 1.98. The molecular formula is C15H12Cl2F3N. The van der Waals surface area contributed by atoms with Crippen LogP contribution in [-0.2, 0) is 12.6 Å². The van der Waals surface area contributed by atoms with E-state index in [9.17, 15) is 13.2 Å². The van der Waals surface area contributed by atoms with Crippen molar-refractivity contribution < 1.29 is 13.2 Å². The summed E-state index contributed by atoms with van der Waals surface area (Å²) >= 11 is 12.1. The van der Waals surface area contributed by atoms with E-state index in [4.69, 9.17) is 28.9 Å². The van der Waals surface area contributed by atoms with E-state index < -0.39 is 17.8 Å². The van der Waals surface area contributed by atoms with Gasteiger partial charge in [0.1, 0.15) is 0 Å². The fourth-order valence-corrected chi connectivity index (χ4v) is 2.54. The van der Waals surface area contributed by atoms with Gasteiger partial charge in [-0.2, -0.15) is 13.2 Å². The van der Waals surface area contributed by atoms with Crippen LogP contribution in [0.25, 0.3) is 0 Å². The topological polar surface area (TPSA) is 26.0 Å². The second kappa shape index (κ2) is 6.26. The van der Waals surface area contributed by atoms with Crippen molar-refractivity contribution in [3.8, 4) is 0 Å². The molecule has 112 valence electrons. The Balaban J connectivity index is 2.19. The third-order valence-electron chi connectivity index (χ3n) is 3.15. The molecule has 2 N–H and O–H groups in total. The summed E-state index contributed by atoms with van der Waals surface area (Å²) in [7, 11) is 0. The second-order valence-electron chi connectivity index (χ2n) is 4.63. The Morgan fingerprint density at radius 2 is 1.48 bits per heavy atom. The van der Waals surface area contributed by atoms with Crippen LogP contribution in [0.3, 0.4) is 0 Å². The quantitative estimate of drug-likeness (QED) is 0.815. The Labute approximate surface area is 130 Å². The molecule has 1 nitrogen and oxygen atoms in total. The lowest BCUT2D eigenvalue weighted by atomic mass is 9.98. The van der Waals surface area contributed by atoms with Crippen molar-refractivity contribution in [2.45, 2.75) is 18.6 Å². The van der Waals surface area contributed by atoms with Gasteiger partial charge in [0.2, 0.25) is 0 Å². The van der Waals surface area contributed by atoms with Crippen LogP contribution >= 0.6 is 23.2 Å². The highest BCUT2D eigenvalue weighted by atomic mass is 35.5. The van der Waals surface area contributed by atoms with Gasteiger partial charge in [-0.3, -0.25) is 0 Å². The summed E-state index contributed by atoms with van der Waals surface area (Å²) in [6.07, 6.45) is -4.00. The van der Waals surface area contributed by atoms with E-state index in [1.807, 2.05) is 0 Å². The maximum absolute atomic E-state index is 12.5. The fraction of sp³-hybridized carbons (Fsp3) is 0.200. The van der Waals surface area contributed by atoms with E-state index in [1.165, 1.54) is 12.1 Å². The summed E-state index contributed by atoms with van der Waals surface area (Å²) in [5.74, 6) is 0. The Morgan fingerprint density at radius 3 is 1.95 bits per heavy atom. The first kappa shape index (κ1) is 16.1. The molecule has 0 bridgehead atoms. The first-order valence-corrected chi connectivity index (χ1v) is 6.90. The molecule has 0 spiro atoms. The van der Waals surface area contributed by atoms with Crippen molar-refractivity contribution in [2.24, 2.45) is 5.73 Å². The molecule has 0 saturated heterocycles. The third kappa shape index (κ3) is 3.90. The summed E-state index contributed by atoms with van der Waals surface area (Å²) in [5, 5.41) is 0.981. The molecule has 0 fully saturated rings. The lowest BCUT2D eigenvalue weighted by molar-refractivity contribution is -0.137. The third-order valence-corrected chi connectivity index (χ3v) is 3.86. The molecule has 2 aromatic rings. The first-order valence-electron chi connectivity index (χ1n) is 6.14. The molecular weight excluding hydrogens is 322 g/mol. The molecule has 1 unspecified atom stereocenters. The first-order chi connectivity index (χ1) is 9.79. The van der Waals surface area contributed by atoms with Crippen LogP contribution in [0, 0.1) is 0 Å². The summed E-state index contributed by atoms with van der Waals surface area (Å²) < 4.78 is 37.5. The van der Waals surface area contributed by atoms with E-state index >= 15 is 0 Å². The van der Waals surface area contributed by atoms with Crippen molar-refractivity contribution in [3.63, 3.8) is 0 Å². The zero-order valence-corrected chi connectivity index (χ0v) is 12.3. The van der Waals surface area contributed by atoms with Crippen LogP contribution in [0.4, 0.5) is 13.2 Å². The van der Waals surface area contributed by atoms with Crippen molar-refractivity contribution in [1.82, 2.24) is 0 Å². The lowest BCUT2D eigenvalue weighted by Crippen LogP contribution is -2.14. The molecule has 0 aliphatic carbocycles. The van der Waals surface area contributed by atoms with E-state index in [0.29, 0.717) is 27.6 Å². The number of alkyl halides is 3. The molecule has 0 aliphatic heterocycles. The van der Waals surface area contributed by atoms with Crippen molar-refractivity contribution in [1.29, 1.82) is 0 Å². The van der Waals surface area contributed by atoms with Gasteiger partial charge in [0.05, 0.1) is 5.56 Å². The zero-order chi connectivity index (χ0) is 15.6. The Hall–Kier alpha value is -1.23. The number of benzene rings is 2. The average molecular weight is 334 g/mol. The standard InChI is InChI=1S/C15H12Cl2F3N/c16-12-2-1-3-13(17)11(12)8-14(21)9-4-6-10(7-5-9)15(18,19)20/h1-7,14H,8,21H2. The number of rotatable bonds is 3. The Bertz CT molecular complexity index is 604. The van der Waals surface area contributed by atoms with E-state index in [2.05, 4.69) is 0 Å². The minimum Gasteiger partial charge on any atom is -0.324 e. The smallest absolute Gasteiger partial charge is 0.324 e. The van der Waals surface area contributed by atoms with Gasteiger partial charge in [0.15, 0.2) is 0 Å². The maximum atomic E-state index is 12.5. The molecule has 2 aromatic carbocycles. The van der Waals surface area contributed by atoms with Crippen LogP contribution in [0.15, 0.2) is 42.5 Å². The largest absolute Gasteiger partial charge is 0.416 e. The van der Waals surface area contributed by atoms with Crippen molar-refractivity contribution in [2.75, 3.05) is 0 Å². The van der Waals surface area contributed by atoms with E-state index in [-0.39, 0.29) is 0 Å². The van der Waals surface area contributed by atoms with Crippen molar-refractivity contribution in [3.05, 3.63) is 69.2 Å². The van der Waals surface area contributed by atoms with Crippen LogP contribution in [-0.4, -0.2) is 0 Å². The van der Waals surface area contributed by atoms with Gasteiger partial charge in [-0.25, -0.2) is 0 Å². The van der Waals surface area contributed by atoms with Gasteiger partial charge in [-0.05, 0) is 41.8 Å². The molecule has 1 atom stereocenters. The van der Waals surface area contributed by atoms with Crippen LogP contribution in [0.1, 0.15) is 22.7 Å². The molecule has 0 aliphatic rings. The number of nitrogens with two attached hydrogens (primary N) is 1. The lowest BCUT2D eigenvalue weighted by Gasteiger charge is -2.15. The zero-order valence-electron chi connectivity index (χ0n) is 10.8. The predicted octanol–water partition coefficient (Wildman–Crippen LogP) is 5.25. The highest BCUT2D eigenvalue weighted by molar-refractivity contribution is 6.36. The average Bonchev–Trinajstić information content (AvgIpc) is 2.42. The molecule has 0 heterocycles. The van der Waals surface area contributed by atoms with Crippen LogP contribution in [0.2, 0.25) is 10.0 Å². The minimum absolute atomic E-state index is 0.351. The predicted molar refractivity (Wildman–Crippen MR) is 78.5 cm³/mol. The minimum atomic E-state index is -4.35. The summed E-state index contributed by atoms with van der Waals surface area (Å²) in [6.45, 7) is 0. The van der Waals surface area contributed by atoms with Crippen LogP contribution in [0.5, 0.6) is 0 Å². The van der Waals surface area contributed by atoms with Gasteiger partial charge >= 0.3 is 6.18 Å². The van der Waals surface area contributed by atoms with Crippen molar-refractivity contribution >= 4 is 23.2 Å². The molecule has 6 heteroatoms. The number of hydrogen-bond donors (Lipinski definition) is 1. The van der Waals surface area contributed by atoms with E-state index in [1.54, 1.807) is 18.2 Å². The molecule has 0 amide bonds. The molecule has 2 rings (SSSR count). The Morgan fingerprint density at radius 1 is 0.952 bits per heavy atom. The van der Waals surface area contributed by atoms with Gasteiger partial charge in [-0.15, -0.1) is 0 Å². The summed E-state index contributed by atoms with van der Waals surface area (Å²) in [4.78, 5) is 0. The Kier molecular flexibility index (Phi) is 4.81. The van der Waals surface area contributed by atoms with Gasteiger partial charge < -0.3 is 5.73 Å². The van der Waals surface area contributed by atoms with Gasteiger partial charge in [-0.1, -0.05) is 41.4 Å². The monoisotopic (exact) mass is 333 g/mol. The highest BCUT2D eigenvalue weighted by Gasteiger charge is 2.30.